The number of rotatable bonds is 8. The zero-order valence-corrected chi connectivity index (χ0v) is 16.4. The number of ether oxygens (including phenoxy) is 2. The van der Waals surface area contributed by atoms with E-state index < -0.39 is 0 Å². The minimum Gasteiger partial charge on any atom is -0.497 e. The van der Waals surface area contributed by atoms with Crippen LogP contribution in [0.2, 0.25) is 0 Å². The van der Waals surface area contributed by atoms with Crippen molar-refractivity contribution in [1.29, 1.82) is 0 Å². The molecule has 7 nitrogen and oxygen atoms in total. The topological polar surface area (TPSA) is 82.4 Å². The van der Waals surface area contributed by atoms with Crippen molar-refractivity contribution < 1.29 is 14.3 Å². The second kappa shape index (κ2) is 9.54. The molecule has 1 aromatic heterocycles. The zero-order valence-electron chi connectivity index (χ0n) is 16.4. The Labute approximate surface area is 168 Å². The molecule has 29 heavy (non-hydrogen) atoms. The van der Waals surface area contributed by atoms with Gasteiger partial charge in [0.2, 0.25) is 5.91 Å². The molecule has 1 amide bonds. The van der Waals surface area contributed by atoms with Crippen molar-refractivity contribution in [3.8, 4) is 22.8 Å². The van der Waals surface area contributed by atoms with Gasteiger partial charge in [-0.3, -0.25) is 9.59 Å². The van der Waals surface area contributed by atoms with Crippen LogP contribution >= 0.6 is 0 Å². The summed E-state index contributed by atoms with van der Waals surface area (Å²) >= 11 is 0. The number of nitrogens with zero attached hydrogens (tertiary/aromatic N) is 2. The van der Waals surface area contributed by atoms with Crippen LogP contribution in [-0.2, 0) is 17.9 Å². The van der Waals surface area contributed by atoms with E-state index in [2.05, 4.69) is 10.4 Å². The number of benzene rings is 2. The van der Waals surface area contributed by atoms with Gasteiger partial charge in [0.1, 0.15) is 11.5 Å². The van der Waals surface area contributed by atoms with Gasteiger partial charge in [-0.05, 0) is 35.9 Å². The third kappa shape index (κ3) is 5.44. The number of carbonyl (C=O) groups excluding carboxylic acids is 1. The van der Waals surface area contributed by atoms with Gasteiger partial charge in [-0.2, -0.15) is 5.10 Å². The Morgan fingerprint density at radius 1 is 1.00 bits per heavy atom. The summed E-state index contributed by atoms with van der Waals surface area (Å²) in [6.07, 6.45) is 0.151. The van der Waals surface area contributed by atoms with Crippen molar-refractivity contribution >= 4 is 5.91 Å². The van der Waals surface area contributed by atoms with E-state index in [4.69, 9.17) is 9.47 Å². The molecular weight excluding hydrogens is 370 g/mol. The van der Waals surface area contributed by atoms with Crippen molar-refractivity contribution in [1.82, 2.24) is 15.1 Å². The summed E-state index contributed by atoms with van der Waals surface area (Å²) in [5.74, 6) is 1.29. The Morgan fingerprint density at radius 3 is 2.48 bits per heavy atom. The van der Waals surface area contributed by atoms with E-state index >= 15 is 0 Å². The van der Waals surface area contributed by atoms with Crippen molar-refractivity contribution in [2.24, 2.45) is 0 Å². The molecule has 3 aromatic rings. The summed E-state index contributed by atoms with van der Waals surface area (Å²) in [5, 5.41) is 7.23. The molecule has 0 unspecified atom stereocenters. The van der Waals surface area contributed by atoms with Crippen LogP contribution in [-0.4, -0.2) is 29.9 Å². The number of amides is 1. The predicted octanol–water partition coefficient (Wildman–Crippen LogP) is 2.63. The molecule has 0 aliphatic heterocycles. The van der Waals surface area contributed by atoms with Crippen LogP contribution in [0, 0.1) is 0 Å². The first-order valence-corrected chi connectivity index (χ1v) is 9.21. The number of aryl methyl sites for hydroxylation is 1. The lowest BCUT2D eigenvalue weighted by Gasteiger charge is -2.09. The van der Waals surface area contributed by atoms with Gasteiger partial charge in [-0.1, -0.05) is 24.3 Å². The predicted molar refractivity (Wildman–Crippen MR) is 110 cm³/mol. The maximum atomic E-state index is 12.2. The van der Waals surface area contributed by atoms with E-state index in [1.165, 1.54) is 10.7 Å². The Kier molecular flexibility index (Phi) is 6.63. The largest absolute Gasteiger partial charge is 0.497 e. The van der Waals surface area contributed by atoms with Crippen molar-refractivity contribution in [2.45, 2.75) is 19.5 Å². The standard InChI is InChI=1S/C22H23N3O4/c1-28-18-7-3-5-16(13-18)15-23-21(26)11-12-25-22(27)10-9-20(24-25)17-6-4-8-19(14-17)29-2/h3-10,13-14H,11-12,15H2,1-2H3,(H,23,26). The van der Waals surface area contributed by atoms with E-state index in [9.17, 15) is 9.59 Å². The lowest BCUT2D eigenvalue weighted by Crippen LogP contribution is -2.28. The van der Waals surface area contributed by atoms with E-state index in [0.717, 1.165) is 16.9 Å². The summed E-state index contributed by atoms with van der Waals surface area (Å²) in [7, 11) is 3.19. The molecular formula is C22H23N3O4. The molecule has 0 saturated heterocycles. The second-order valence-corrected chi connectivity index (χ2v) is 6.39. The van der Waals surface area contributed by atoms with Crippen LogP contribution in [0.3, 0.4) is 0 Å². The Hall–Kier alpha value is -3.61. The van der Waals surface area contributed by atoms with Gasteiger partial charge in [0.15, 0.2) is 0 Å². The molecule has 0 aliphatic carbocycles. The zero-order chi connectivity index (χ0) is 20.6. The fraction of sp³-hybridized carbons (Fsp3) is 0.227. The fourth-order valence-electron chi connectivity index (χ4n) is 2.82. The van der Waals surface area contributed by atoms with Crippen LogP contribution in [0.15, 0.2) is 65.5 Å². The Balaban J connectivity index is 1.62. The van der Waals surface area contributed by atoms with Crippen LogP contribution in [0.5, 0.6) is 11.5 Å². The molecule has 2 aromatic carbocycles. The highest BCUT2D eigenvalue weighted by Gasteiger charge is 2.08. The van der Waals surface area contributed by atoms with Gasteiger partial charge in [0.05, 0.1) is 26.5 Å². The molecule has 0 spiro atoms. The molecule has 1 N–H and O–H groups in total. The molecule has 0 fully saturated rings. The number of hydrogen-bond acceptors (Lipinski definition) is 5. The second-order valence-electron chi connectivity index (χ2n) is 6.39. The van der Waals surface area contributed by atoms with Crippen LogP contribution in [0.25, 0.3) is 11.3 Å². The smallest absolute Gasteiger partial charge is 0.266 e. The monoisotopic (exact) mass is 393 g/mol. The summed E-state index contributed by atoms with van der Waals surface area (Å²) in [4.78, 5) is 24.3. The van der Waals surface area contributed by atoms with Crippen molar-refractivity contribution in [3.05, 3.63) is 76.6 Å². The molecule has 0 bridgehead atoms. The van der Waals surface area contributed by atoms with Gasteiger partial charge < -0.3 is 14.8 Å². The normalized spacial score (nSPS) is 10.4. The van der Waals surface area contributed by atoms with Gasteiger partial charge >= 0.3 is 0 Å². The first-order valence-electron chi connectivity index (χ1n) is 9.21. The van der Waals surface area contributed by atoms with Crippen molar-refractivity contribution in [2.75, 3.05) is 14.2 Å². The third-order valence-corrected chi connectivity index (χ3v) is 4.41. The van der Waals surface area contributed by atoms with E-state index in [1.807, 2.05) is 48.5 Å². The molecule has 3 rings (SSSR count). The minimum atomic E-state index is -0.253. The average Bonchev–Trinajstić information content (AvgIpc) is 2.77. The lowest BCUT2D eigenvalue weighted by molar-refractivity contribution is -0.121. The molecule has 0 saturated carbocycles. The molecule has 7 heteroatoms. The summed E-state index contributed by atoms with van der Waals surface area (Å²) in [5.41, 5.74) is 2.16. The van der Waals surface area contributed by atoms with E-state index in [1.54, 1.807) is 20.3 Å². The Morgan fingerprint density at radius 2 is 1.72 bits per heavy atom. The van der Waals surface area contributed by atoms with Gasteiger partial charge in [-0.25, -0.2) is 4.68 Å². The number of nitrogens with one attached hydrogen (secondary N) is 1. The first kappa shape index (κ1) is 20.1. The Bertz CT molecular complexity index is 1050. The minimum absolute atomic E-state index is 0.151. The highest BCUT2D eigenvalue weighted by atomic mass is 16.5. The number of carbonyl (C=O) groups is 1. The maximum Gasteiger partial charge on any atom is 0.266 e. The molecule has 1 heterocycles. The van der Waals surface area contributed by atoms with E-state index in [-0.39, 0.29) is 24.4 Å². The summed E-state index contributed by atoms with van der Waals surface area (Å²) in [6, 6.07) is 18.0. The lowest BCUT2D eigenvalue weighted by atomic mass is 10.1. The number of aromatic nitrogens is 2. The molecule has 150 valence electrons. The summed E-state index contributed by atoms with van der Waals surface area (Å²) < 4.78 is 11.7. The first-order chi connectivity index (χ1) is 14.1. The average molecular weight is 393 g/mol. The van der Waals surface area contributed by atoms with Gasteiger partial charge in [0.25, 0.3) is 5.56 Å². The molecule has 0 radical (unpaired) electrons. The maximum absolute atomic E-state index is 12.2. The SMILES string of the molecule is COc1cccc(CNC(=O)CCn2nc(-c3cccc(OC)c3)ccc2=O)c1. The van der Waals surface area contributed by atoms with E-state index in [0.29, 0.717) is 18.0 Å². The van der Waals surface area contributed by atoms with Crippen molar-refractivity contribution in [3.63, 3.8) is 0 Å². The third-order valence-electron chi connectivity index (χ3n) is 4.41. The molecule has 0 aliphatic rings. The quantitative estimate of drug-likeness (QED) is 0.636. The number of hydrogen-bond donors (Lipinski definition) is 1. The highest BCUT2D eigenvalue weighted by molar-refractivity contribution is 5.75. The van der Waals surface area contributed by atoms with Crippen LogP contribution in [0.1, 0.15) is 12.0 Å². The van der Waals surface area contributed by atoms with Gasteiger partial charge in [0, 0.05) is 24.6 Å². The fourth-order valence-corrected chi connectivity index (χ4v) is 2.82. The number of methoxy groups -OCH3 is 2. The highest BCUT2D eigenvalue weighted by Crippen LogP contribution is 2.21. The summed E-state index contributed by atoms with van der Waals surface area (Å²) in [6.45, 7) is 0.586. The van der Waals surface area contributed by atoms with Crippen LogP contribution < -0.4 is 20.3 Å². The van der Waals surface area contributed by atoms with Crippen LogP contribution in [0.4, 0.5) is 0 Å². The molecule has 0 atom stereocenters. The van der Waals surface area contributed by atoms with Gasteiger partial charge in [-0.15, -0.1) is 0 Å².